The van der Waals surface area contributed by atoms with Crippen LogP contribution in [-0.2, 0) is 43.2 Å². The molecule has 25 nitrogen and oxygen atoms in total. The van der Waals surface area contributed by atoms with Gasteiger partial charge in [-0.2, -0.15) is 0 Å². The first kappa shape index (κ1) is 68.2. The van der Waals surface area contributed by atoms with Gasteiger partial charge in [-0.25, -0.2) is 0 Å². The Morgan fingerprint density at radius 1 is 0.506 bits per heavy atom. The number of primary amides is 2. The lowest BCUT2D eigenvalue weighted by molar-refractivity contribution is -0.142. The number of likely N-dealkylation sites (tertiary alicyclic amines) is 1. The minimum Gasteiger partial charge on any atom is -0.386 e. The Morgan fingerprint density at radius 2 is 0.909 bits per heavy atom. The van der Waals surface area contributed by atoms with E-state index in [0.717, 1.165) is 25.7 Å². The zero-order valence-corrected chi connectivity index (χ0v) is 46.1. The van der Waals surface area contributed by atoms with Crippen molar-refractivity contribution < 1.29 is 43.2 Å². The number of hydrogen-bond acceptors (Lipinski definition) is 14. The van der Waals surface area contributed by atoms with Crippen molar-refractivity contribution in [1.82, 2.24) is 52.8 Å². The van der Waals surface area contributed by atoms with Crippen LogP contribution in [0.2, 0.25) is 0 Å². The van der Waals surface area contributed by atoms with Gasteiger partial charge in [0.25, 0.3) is 0 Å². The average Bonchev–Trinajstić information content (AvgIpc) is 3.87. The van der Waals surface area contributed by atoms with Gasteiger partial charge in [0, 0.05) is 52.5 Å². The lowest BCUT2D eigenvalue weighted by atomic mass is 10.0. The highest BCUT2D eigenvalue weighted by Gasteiger charge is 2.40. The summed E-state index contributed by atoms with van der Waals surface area (Å²) in [7, 11) is 1.34. The van der Waals surface area contributed by atoms with Crippen molar-refractivity contribution in [2.24, 2.45) is 28.7 Å². The number of rotatable bonds is 45. The van der Waals surface area contributed by atoms with Crippen molar-refractivity contribution in [2.75, 3.05) is 33.2 Å². The molecule has 9 amide bonds. The number of amides is 9. The highest BCUT2D eigenvalue weighted by molar-refractivity contribution is 5.97. The summed E-state index contributed by atoms with van der Waals surface area (Å²) in [6.07, 6.45) is 15.9. The molecule has 0 aromatic rings. The highest BCUT2D eigenvalue weighted by Crippen LogP contribution is 2.21. The van der Waals surface area contributed by atoms with Gasteiger partial charge in [0.1, 0.15) is 36.3 Å². The molecule has 0 unspecified atom stereocenters. The topological polar surface area (TPSA) is 419 Å². The first-order valence-corrected chi connectivity index (χ1v) is 27.7. The van der Waals surface area contributed by atoms with Gasteiger partial charge in [0.15, 0.2) is 5.96 Å². The van der Waals surface area contributed by atoms with E-state index < -0.39 is 83.5 Å². The summed E-state index contributed by atoms with van der Waals surface area (Å²) >= 11 is 0. The SMILES string of the molecule is C=C(N)NCCC[C@H](NC(=O)[C@H](CCC(N)=O)NC(=O)[C@@H]1CCCN1C(=O)[C@H](CCCNC(=C)N)NC(=O)[C@H](CCCNC(=N)N)NC(=O)CCCCCCCCCCCCCCC)C(=O)N[C@@H](CCC(N)=O)C(=O)NC. The number of carbonyl (C=O) groups is 9. The minimum absolute atomic E-state index is 0.00311. The van der Waals surface area contributed by atoms with Gasteiger partial charge in [-0.1, -0.05) is 97.1 Å². The second-order valence-electron chi connectivity index (χ2n) is 19.8. The Hall–Kier alpha value is -6.82. The molecule has 1 aliphatic heterocycles. The summed E-state index contributed by atoms with van der Waals surface area (Å²) in [5, 5.41) is 31.9. The molecule has 77 heavy (non-hydrogen) atoms. The Balaban J connectivity index is 3.30. The third-order valence-corrected chi connectivity index (χ3v) is 13.1. The molecule has 1 saturated heterocycles. The van der Waals surface area contributed by atoms with Gasteiger partial charge in [-0.3, -0.25) is 48.6 Å². The molecule has 1 fully saturated rings. The maximum atomic E-state index is 14.6. The van der Waals surface area contributed by atoms with E-state index in [0.29, 0.717) is 32.2 Å². The number of nitrogens with two attached hydrogens (primary N) is 5. The molecule has 1 heterocycles. The Morgan fingerprint density at radius 3 is 1.35 bits per heavy atom. The summed E-state index contributed by atoms with van der Waals surface area (Å²) in [6, 6.07) is -7.30. The molecule has 0 aliphatic carbocycles. The third kappa shape index (κ3) is 31.7. The average molecular weight is 1090 g/mol. The van der Waals surface area contributed by atoms with E-state index >= 15 is 0 Å². The van der Waals surface area contributed by atoms with Crippen LogP contribution in [0.5, 0.6) is 0 Å². The maximum absolute atomic E-state index is 14.6. The monoisotopic (exact) mass is 1090 g/mol. The normalized spacial score (nSPS) is 14.8. The van der Waals surface area contributed by atoms with E-state index in [9.17, 15) is 43.2 Å². The highest BCUT2D eigenvalue weighted by atomic mass is 16.2. The van der Waals surface area contributed by atoms with Crippen LogP contribution in [-0.4, -0.2) is 134 Å². The number of guanidine groups is 1. The van der Waals surface area contributed by atoms with Gasteiger partial charge >= 0.3 is 0 Å². The predicted octanol–water partition coefficient (Wildman–Crippen LogP) is 0.0224. The van der Waals surface area contributed by atoms with Crippen LogP contribution in [0.4, 0.5) is 0 Å². The number of likely N-dealkylation sites (N-methyl/N-ethyl adjacent to an activating group) is 1. The van der Waals surface area contributed by atoms with Crippen LogP contribution >= 0.6 is 0 Å². The van der Waals surface area contributed by atoms with Crippen LogP contribution in [0, 0.1) is 5.41 Å². The van der Waals surface area contributed by atoms with Gasteiger partial charge in [0.2, 0.25) is 53.2 Å². The fraction of sp³-hybridized carbons (Fsp3) is 0.731. The van der Waals surface area contributed by atoms with Crippen molar-refractivity contribution in [2.45, 2.75) is 210 Å². The molecule has 0 radical (unpaired) electrons. The number of nitrogens with zero attached hydrogens (tertiary/aromatic N) is 1. The molecule has 6 atom stereocenters. The molecule has 0 bridgehead atoms. The minimum atomic E-state index is -1.44. The fourth-order valence-electron chi connectivity index (χ4n) is 8.88. The van der Waals surface area contributed by atoms with Crippen LogP contribution < -0.4 is 76.5 Å². The Labute approximate surface area is 456 Å². The lowest BCUT2D eigenvalue weighted by Gasteiger charge is -2.31. The number of unbranched alkanes of at least 4 members (excludes halogenated alkanes) is 12. The van der Waals surface area contributed by atoms with E-state index in [-0.39, 0.29) is 107 Å². The second kappa shape index (κ2) is 40.4. The zero-order valence-electron chi connectivity index (χ0n) is 46.1. The summed E-state index contributed by atoms with van der Waals surface area (Å²) in [5.74, 6) is -5.94. The van der Waals surface area contributed by atoms with E-state index in [1.54, 1.807) is 0 Å². The fourth-order valence-corrected chi connectivity index (χ4v) is 8.88. The van der Waals surface area contributed by atoms with Crippen LogP contribution in [0.15, 0.2) is 24.8 Å². The lowest BCUT2D eigenvalue weighted by Crippen LogP contribution is -2.59. The van der Waals surface area contributed by atoms with Gasteiger partial charge in [0.05, 0.1) is 11.6 Å². The smallest absolute Gasteiger partial charge is 0.245 e. The quantitative estimate of drug-likeness (QED) is 0.0217. The molecule has 438 valence electrons. The molecular formula is C52H96N16O9. The first-order valence-electron chi connectivity index (χ1n) is 27.7. The molecule has 0 aromatic carbocycles. The zero-order chi connectivity index (χ0) is 57.5. The molecule has 20 N–H and O–H groups in total. The van der Waals surface area contributed by atoms with Crippen LogP contribution in [0.1, 0.15) is 174 Å². The maximum Gasteiger partial charge on any atom is 0.245 e. The van der Waals surface area contributed by atoms with Crippen LogP contribution in [0.25, 0.3) is 0 Å². The van der Waals surface area contributed by atoms with E-state index in [4.69, 9.17) is 34.1 Å². The summed E-state index contributed by atoms with van der Waals surface area (Å²) in [6.45, 7) is 10.3. The third-order valence-electron chi connectivity index (χ3n) is 13.1. The Bertz CT molecular complexity index is 1910. The van der Waals surface area contributed by atoms with Crippen molar-refractivity contribution in [3.05, 3.63) is 24.8 Å². The van der Waals surface area contributed by atoms with Crippen molar-refractivity contribution in [3.63, 3.8) is 0 Å². The standard InChI is InChI=1S/C52H96N16O9/c1-5-6-7-8-9-10-11-12-13-14-15-16-17-26-45(71)63-37(22-19-33-62-52(57)58)47(73)67-41(24-20-32-61-36(3)54)51(77)68-34-21-25-42(68)50(76)66-40(28-30-44(56)70)49(75)64-38(23-18-31-60-35(2)53)48(74)65-39(46(72)59-4)27-29-43(55)69/h37-42,60-61H,2-3,5-34,53-54H2,1,4H3,(H2,55,69)(H2,56,70)(H,59,72)(H,63,71)(H,64,75)(H,65,74)(H,66,76)(H,67,73)(H4,57,58,62)/t37-,38-,39-,40-,41-,42-/m0/s1. The Kier molecular flexibility index (Phi) is 35.8. The molecule has 0 saturated carbocycles. The summed E-state index contributed by atoms with van der Waals surface area (Å²) in [5.41, 5.74) is 27.6. The molecule has 1 aliphatic rings. The molecule has 0 aromatic heterocycles. The predicted molar refractivity (Wildman–Crippen MR) is 296 cm³/mol. The van der Waals surface area contributed by atoms with Crippen molar-refractivity contribution in [3.8, 4) is 0 Å². The van der Waals surface area contributed by atoms with Crippen molar-refractivity contribution in [1.29, 1.82) is 5.41 Å². The summed E-state index contributed by atoms with van der Waals surface area (Å²) < 4.78 is 0. The summed E-state index contributed by atoms with van der Waals surface area (Å²) in [4.78, 5) is 122. The number of hydrogen-bond donors (Lipinski definition) is 15. The molecule has 1 rings (SSSR count). The first-order chi connectivity index (χ1) is 36.7. The second-order valence-corrected chi connectivity index (χ2v) is 19.8. The van der Waals surface area contributed by atoms with Crippen LogP contribution in [0.3, 0.4) is 0 Å². The van der Waals surface area contributed by atoms with Gasteiger partial charge < -0.3 is 81.4 Å². The van der Waals surface area contributed by atoms with E-state index in [1.165, 1.54) is 63.3 Å². The van der Waals surface area contributed by atoms with Gasteiger partial charge in [-0.05, 0) is 70.6 Å². The largest absolute Gasteiger partial charge is 0.386 e. The molecule has 25 heteroatoms. The molecule has 0 spiro atoms. The number of carbonyl (C=O) groups excluding carboxylic acids is 9. The van der Waals surface area contributed by atoms with E-state index in [1.807, 2.05) is 0 Å². The van der Waals surface area contributed by atoms with Gasteiger partial charge in [-0.15, -0.1) is 0 Å². The van der Waals surface area contributed by atoms with E-state index in [2.05, 4.69) is 67.9 Å². The van der Waals surface area contributed by atoms with Crippen molar-refractivity contribution >= 4 is 59.1 Å². The molecular weight excluding hydrogens is 993 g/mol. The number of nitrogens with one attached hydrogen (secondary N) is 10.